The zero-order valence-electron chi connectivity index (χ0n) is 14.3. The molecule has 3 aromatic rings. The molecular weight excluding hydrogens is 328 g/mol. The molecule has 3 aromatic carbocycles. The molecule has 1 aliphatic rings. The Balaban J connectivity index is 1.69. The quantitative estimate of drug-likeness (QED) is 0.610. The van der Waals surface area contributed by atoms with E-state index in [0.29, 0.717) is 0 Å². The van der Waals surface area contributed by atoms with Crippen molar-refractivity contribution in [2.45, 2.75) is 35.3 Å². The van der Waals surface area contributed by atoms with Crippen molar-refractivity contribution in [3.8, 4) is 0 Å². The summed E-state index contributed by atoms with van der Waals surface area (Å²) in [5, 5.41) is 0. The largest absolute Gasteiger partial charge is 0.356 e. The second kappa shape index (κ2) is 6.25. The molecule has 3 atom stereocenters. The Bertz CT molecular complexity index is 918. The van der Waals surface area contributed by atoms with Gasteiger partial charge in [-0.2, -0.15) is 0 Å². The molecule has 2 nitrogen and oxygen atoms in total. The van der Waals surface area contributed by atoms with E-state index in [2.05, 4.69) is 19.1 Å². The van der Waals surface area contributed by atoms with Gasteiger partial charge < -0.3 is 4.74 Å². The summed E-state index contributed by atoms with van der Waals surface area (Å²) in [6, 6.07) is 26.0. The van der Waals surface area contributed by atoms with E-state index < -0.39 is 10.8 Å². The number of aryl methyl sites for hydroxylation is 1. The minimum Gasteiger partial charge on any atom is -0.356 e. The van der Waals surface area contributed by atoms with Crippen LogP contribution in [0.5, 0.6) is 0 Å². The van der Waals surface area contributed by atoms with E-state index in [1.807, 2.05) is 73.7 Å². The summed E-state index contributed by atoms with van der Waals surface area (Å²) in [4.78, 5) is 1.65. The topological polar surface area (TPSA) is 29.6 Å². The van der Waals surface area contributed by atoms with E-state index >= 15 is 0 Å². The predicted molar refractivity (Wildman–Crippen MR) is 99.9 cm³/mol. The Labute approximate surface area is 150 Å². The molecule has 0 bridgehead atoms. The average molecular weight is 348 g/mol. The fourth-order valence-electron chi connectivity index (χ4n) is 3.21. The monoisotopic (exact) mass is 348 g/mol. The summed E-state index contributed by atoms with van der Waals surface area (Å²) in [6.07, 6.45) is -0.0690. The SMILES string of the molecule is Cc1ccc(S(=O)c2ccccc2[C@@H]2O[C@@]2(C)c2ccccc2)cc1. The molecule has 1 fully saturated rings. The lowest BCUT2D eigenvalue weighted by Crippen LogP contribution is -2.06. The molecule has 126 valence electrons. The third-order valence-corrected chi connectivity index (χ3v) is 6.26. The highest BCUT2D eigenvalue weighted by Gasteiger charge is 2.55. The molecule has 0 spiro atoms. The van der Waals surface area contributed by atoms with E-state index in [-0.39, 0.29) is 11.7 Å². The Morgan fingerprint density at radius 2 is 1.52 bits per heavy atom. The number of hydrogen-bond donors (Lipinski definition) is 0. The van der Waals surface area contributed by atoms with Crippen molar-refractivity contribution in [1.29, 1.82) is 0 Å². The lowest BCUT2D eigenvalue weighted by molar-refractivity contribution is 0.313. The Hall–Kier alpha value is -2.23. The summed E-state index contributed by atoms with van der Waals surface area (Å²) in [7, 11) is -1.22. The van der Waals surface area contributed by atoms with Crippen LogP contribution in [0.25, 0.3) is 0 Å². The normalized spacial score (nSPS) is 23.2. The Kier molecular flexibility index (Phi) is 4.06. The molecule has 0 radical (unpaired) electrons. The van der Waals surface area contributed by atoms with Gasteiger partial charge in [0.05, 0.1) is 10.8 Å². The highest BCUT2D eigenvalue weighted by atomic mass is 32.2. The number of rotatable bonds is 4. The van der Waals surface area contributed by atoms with Crippen molar-refractivity contribution in [2.75, 3.05) is 0 Å². The smallest absolute Gasteiger partial charge is 0.122 e. The fourth-order valence-corrected chi connectivity index (χ4v) is 4.44. The van der Waals surface area contributed by atoms with Crippen LogP contribution in [0.3, 0.4) is 0 Å². The molecule has 1 saturated heterocycles. The first-order valence-corrected chi connectivity index (χ1v) is 9.55. The van der Waals surface area contributed by atoms with E-state index in [9.17, 15) is 4.21 Å². The van der Waals surface area contributed by atoms with Crippen molar-refractivity contribution in [3.63, 3.8) is 0 Å². The molecule has 0 aliphatic carbocycles. The second-order valence-corrected chi connectivity index (χ2v) is 8.04. The molecule has 1 aliphatic heterocycles. The molecule has 3 heteroatoms. The van der Waals surface area contributed by atoms with Crippen LogP contribution in [0.2, 0.25) is 0 Å². The first kappa shape index (κ1) is 16.2. The van der Waals surface area contributed by atoms with Crippen molar-refractivity contribution in [3.05, 3.63) is 95.6 Å². The number of hydrogen-bond acceptors (Lipinski definition) is 2. The van der Waals surface area contributed by atoms with Crippen LogP contribution < -0.4 is 0 Å². The predicted octanol–water partition coefficient (Wildman–Crippen LogP) is 5.15. The van der Waals surface area contributed by atoms with Crippen molar-refractivity contribution in [1.82, 2.24) is 0 Å². The third kappa shape index (κ3) is 2.94. The molecule has 4 rings (SSSR count). The van der Waals surface area contributed by atoms with Gasteiger partial charge in [-0.15, -0.1) is 0 Å². The fraction of sp³-hybridized carbons (Fsp3) is 0.182. The molecule has 1 unspecified atom stereocenters. The molecule has 0 N–H and O–H groups in total. The lowest BCUT2D eigenvalue weighted by Gasteiger charge is -2.10. The maximum absolute atomic E-state index is 13.1. The number of benzene rings is 3. The maximum atomic E-state index is 13.1. The van der Waals surface area contributed by atoms with Gasteiger partial charge in [-0.3, -0.25) is 0 Å². The summed E-state index contributed by atoms with van der Waals surface area (Å²) in [6.45, 7) is 4.13. The van der Waals surface area contributed by atoms with Crippen LogP contribution in [0.1, 0.15) is 29.7 Å². The van der Waals surface area contributed by atoms with E-state index in [4.69, 9.17) is 4.74 Å². The van der Waals surface area contributed by atoms with Gasteiger partial charge in [0.1, 0.15) is 11.7 Å². The van der Waals surface area contributed by atoms with Crippen LogP contribution in [-0.2, 0) is 21.1 Å². The summed E-state index contributed by atoms with van der Waals surface area (Å²) >= 11 is 0. The third-order valence-electron chi connectivity index (χ3n) is 4.79. The Morgan fingerprint density at radius 1 is 0.880 bits per heavy atom. The van der Waals surface area contributed by atoms with Gasteiger partial charge in [0.25, 0.3) is 0 Å². The number of epoxide rings is 1. The van der Waals surface area contributed by atoms with Gasteiger partial charge in [0.15, 0.2) is 0 Å². The minimum atomic E-state index is -1.22. The van der Waals surface area contributed by atoms with Gasteiger partial charge in [0, 0.05) is 15.4 Å². The molecule has 1 heterocycles. The van der Waals surface area contributed by atoms with E-state index in [0.717, 1.165) is 26.5 Å². The van der Waals surface area contributed by atoms with Crippen LogP contribution >= 0.6 is 0 Å². The van der Waals surface area contributed by atoms with Gasteiger partial charge in [0.2, 0.25) is 0 Å². The minimum absolute atomic E-state index is 0.0690. The molecule has 25 heavy (non-hydrogen) atoms. The highest BCUT2D eigenvalue weighted by Crippen LogP contribution is 2.57. The lowest BCUT2D eigenvalue weighted by atomic mass is 9.94. The Morgan fingerprint density at radius 3 is 2.24 bits per heavy atom. The van der Waals surface area contributed by atoms with Gasteiger partial charge in [-0.05, 0) is 37.6 Å². The summed E-state index contributed by atoms with van der Waals surface area (Å²) < 4.78 is 19.2. The molecule has 0 aromatic heterocycles. The average Bonchev–Trinajstić information content (AvgIpc) is 3.35. The van der Waals surface area contributed by atoms with Crippen LogP contribution in [0.15, 0.2) is 88.7 Å². The standard InChI is InChI=1S/C22H20O2S/c1-16-12-14-18(15-13-16)25(23)20-11-7-6-10-19(20)21-22(2,24-21)17-8-4-3-5-9-17/h3-15,21H,1-2H3/t21-,22-,25?/m0/s1. The van der Waals surface area contributed by atoms with Gasteiger partial charge in [-0.25, -0.2) is 4.21 Å². The second-order valence-electron chi connectivity index (χ2n) is 6.59. The summed E-state index contributed by atoms with van der Waals surface area (Å²) in [5.74, 6) is 0. The van der Waals surface area contributed by atoms with E-state index in [1.54, 1.807) is 0 Å². The molecule has 0 amide bonds. The van der Waals surface area contributed by atoms with Gasteiger partial charge in [-0.1, -0.05) is 66.2 Å². The summed E-state index contributed by atoms with van der Waals surface area (Å²) in [5.41, 5.74) is 2.97. The van der Waals surface area contributed by atoms with Crippen molar-refractivity contribution >= 4 is 10.8 Å². The zero-order chi connectivity index (χ0) is 17.4. The van der Waals surface area contributed by atoms with Crippen molar-refractivity contribution in [2.24, 2.45) is 0 Å². The van der Waals surface area contributed by atoms with Crippen LogP contribution in [0, 0.1) is 6.92 Å². The number of ether oxygens (including phenoxy) is 1. The van der Waals surface area contributed by atoms with Gasteiger partial charge >= 0.3 is 0 Å². The van der Waals surface area contributed by atoms with Crippen LogP contribution in [0.4, 0.5) is 0 Å². The first-order chi connectivity index (χ1) is 12.1. The molecular formula is C22H20O2S. The van der Waals surface area contributed by atoms with Crippen LogP contribution in [-0.4, -0.2) is 4.21 Å². The van der Waals surface area contributed by atoms with E-state index in [1.165, 1.54) is 0 Å². The zero-order valence-corrected chi connectivity index (χ0v) is 15.1. The van der Waals surface area contributed by atoms with Crippen molar-refractivity contribution < 1.29 is 8.95 Å². The highest BCUT2D eigenvalue weighted by molar-refractivity contribution is 7.85. The maximum Gasteiger partial charge on any atom is 0.122 e. The first-order valence-electron chi connectivity index (χ1n) is 8.40. The molecule has 0 saturated carbocycles.